The summed E-state index contributed by atoms with van der Waals surface area (Å²) in [6.45, 7) is 6.17. The Labute approximate surface area is 365 Å². The second-order valence-electron chi connectivity index (χ2n) is 17.7. The molecule has 0 bridgehead atoms. The van der Waals surface area contributed by atoms with Crippen LogP contribution in [-0.2, 0) is 19.2 Å². The van der Waals surface area contributed by atoms with Gasteiger partial charge in [-0.15, -0.1) is 0 Å². The fourth-order valence-corrected chi connectivity index (χ4v) is 10.2. The highest BCUT2D eigenvalue weighted by molar-refractivity contribution is 6.25. The third-order valence-corrected chi connectivity index (χ3v) is 13.8. The van der Waals surface area contributed by atoms with Crippen molar-refractivity contribution < 1.29 is 33.5 Å². The van der Waals surface area contributed by atoms with Crippen LogP contribution in [0.4, 0.5) is 5.69 Å². The van der Waals surface area contributed by atoms with Crippen LogP contribution in [0, 0.1) is 11.3 Å². The number of hydrogen-bond acceptors (Lipinski definition) is 12. The maximum atomic E-state index is 13.4. The molecule has 4 saturated heterocycles. The summed E-state index contributed by atoms with van der Waals surface area (Å²) in [6, 6.07) is 21.0. The number of nitrogens with two attached hydrogens (primary N) is 2. The molecule has 6 heterocycles. The Hall–Kier alpha value is -6.55. The highest BCUT2D eigenvalue weighted by Gasteiger charge is 2.47. The van der Waals surface area contributed by atoms with Crippen molar-refractivity contribution >= 4 is 52.7 Å². The second-order valence-corrected chi connectivity index (χ2v) is 17.7. The number of anilines is 1. The standard InChI is InChI=1S/C47H53N9O7/c48-41(30-6-9-33(10-7-30)63-32-4-2-1-3-5-32)40(42(49)59)43-50-20-14-36(51-43)29-15-22-55(23-16-29)39(58)17-21-53-27-47(28-53)18-24-54(25-19-47)31-8-11-34-35(26-31)46(62)56(45(34)61)37-12-13-38(57)52-44(37)60/h1-11,26,29,36-37H,12-25,27-28,48H2,(H2,49,59)(H,50,51)(H,52,57,60)/b41-40-/t36-,37?/m0/s1. The van der Waals surface area contributed by atoms with Gasteiger partial charge in [-0.05, 0) is 110 Å². The predicted molar refractivity (Wildman–Crippen MR) is 234 cm³/mol. The van der Waals surface area contributed by atoms with Crippen LogP contribution in [0.15, 0.2) is 83.4 Å². The van der Waals surface area contributed by atoms with Gasteiger partial charge in [0.1, 0.15) is 28.9 Å². The van der Waals surface area contributed by atoms with Gasteiger partial charge in [-0.2, -0.15) is 0 Å². The van der Waals surface area contributed by atoms with Crippen molar-refractivity contribution in [3.05, 3.63) is 95.1 Å². The molecular weight excluding hydrogens is 803 g/mol. The summed E-state index contributed by atoms with van der Waals surface area (Å²) in [5.74, 6) is -0.426. The van der Waals surface area contributed by atoms with Gasteiger partial charge in [0.05, 0.1) is 16.8 Å². The van der Waals surface area contributed by atoms with Crippen molar-refractivity contribution in [1.29, 1.82) is 0 Å². The number of fused-ring (bicyclic) bond motifs is 1. The molecule has 1 unspecified atom stereocenters. The van der Waals surface area contributed by atoms with Crippen LogP contribution >= 0.6 is 0 Å². The fraction of sp³-hybridized carbons (Fsp3) is 0.426. The Morgan fingerprint density at radius 2 is 1.51 bits per heavy atom. The average molecular weight is 856 g/mol. The molecule has 6 aliphatic rings. The number of piperidine rings is 3. The summed E-state index contributed by atoms with van der Waals surface area (Å²) in [5.41, 5.74) is 15.2. The van der Waals surface area contributed by atoms with E-state index < -0.39 is 35.6 Å². The first-order chi connectivity index (χ1) is 30.4. The largest absolute Gasteiger partial charge is 0.457 e. The van der Waals surface area contributed by atoms with Crippen LogP contribution in [0.2, 0.25) is 0 Å². The van der Waals surface area contributed by atoms with Crippen molar-refractivity contribution in [2.24, 2.45) is 27.8 Å². The van der Waals surface area contributed by atoms with E-state index in [1.54, 1.807) is 36.4 Å². The molecule has 6 aliphatic heterocycles. The molecular formula is C47H53N9O7. The summed E-state index contributed by atoms with van der Waals surface area (Å²) >= 11 is 0. The number of primary amides is 1. The van der Waals surface area contributed by atoms with Crippen LogP contribution in [0.5, 0.6) is 11.5 Å². The van der Waals surface area contributed by atoms with Crippen LogP contribution in [0.25, 0.3) is 5.70 Å². The maximum absolute atomic E-state index is 13.4. The number of aliphatic imine (C=N–C) groups is 1. The lowest BCUT2D eigenvalue weighted by molar-refractivity contribution is -0.136. The van der Waals surface area contributed by atoms with E-state index in [4.69, 9.17) is 16.2 Å². The molecule has 6 N–H and O–H groups in total. The average Bonchev–Trinajstić information content (AvgIpc) is 3.53. The molecule has 63 heavy (non-hydrogen) atoms. The van der Waals surface area contributed by atoms with E-state index in [1.165, 1.54) is 0 Å². The minimum Gasteiger partial charge on any atom is -0.457 e. The third-order valence-electron chi connectivity index (χ3n) is 13.8. The molecule has 328 valence electrons. The minimum absolute atomic E-state index is 0.0759. The molecule has 1 spiro atoms. The highest BCUT2D eigenvalue weighted by atomic mass is 16.5. The lowest BCUT2D eigenvalue weighted by Crippen LogP contribution is -2.60. The van der Waals surface area contributed by atoms with Gasteiger partial charge in [0.25, 0.3) is 17.7 Å². The fourth-order valence-electron chi connectivity index (χ4n) is 10.2. The number of nitrogens with one attached hydrogen (secondary N) is 2. The van der Waals surface area contributed by atoms with Gasteiger partial charge < -0.3 is 36.2 Å². The monoisotopic (exact) mass is 855 g/mol. The van der Waals surface area contributed by atoms with Gasteiger partial charge in [0.15, 0.2) is 0 Å². The van der Waals surface area contributed by atoms with Crippen LogP contribution in [-0.4, -0.2) is 120 Å². The Bertz CT molecular complexity index is 2380. The molecule has 3 aromatic carbocycles. The highest BCUT2D eigenvalue weighted by Crippen LogP contribution is 2.42. The van der Waals surface area contributed by atoms with E-state index >= 15 is 0 Å². The number of para-hydroxylation sites is 1. The number of benzene rings is 3. The normalized spacial score (nSPS) is 23.0. The van der Waals surface area contributed by atoms with E-state index in [9.17, 15) is 28.8 Å². The number of rotatable bonds is 11. The Morgan fingerprint density at radius 3 is 2.21 bits per heavy atom. The SMILES string of the molecule is NC(=O)/C(C1=NCC[C@@H](C2CCN(C(=O)CCN3CC4(CCN(c5ccc6c(c5)C(=O)N(C5CCC(=O)NC5=O)C6=O)CC4)C3)CC2)N1)=C(/N)c1ccc(Oc2ccccc2)cc1. The molecule has 2 atom stereocenters. The Kier molecular flexibility index (Phi) is 11.5. The number of carbonyl (C=O) groups is 6. The first-order valence-corrected chi connectivity index (χ1v) is 22.0. The quantitative estimate of drug-likeness (QED) is 0.163. The minimum atomic E-state index is -0.986. The van der Waals surface area contributed by atoms with Crippen molar-refractivity contribution in [3.8, 4) is 11.5 Å². The van der Waals surface area contributed by atoms with E-state index in [0.717, 1.165) is 75.4 Å². The van der Waals surface area contributed by atoms with E-state index in [2.05, 4.69) is 25.4 Å². The zero-order valence-corrected chi connectivity index (χ0v) is 35.2. The van der Waals surface area contributed by atoms with Crippen LogP contribution in [0.3, 0.4) is 0 Å². The van der Waals surface area contributed by atoms with Gasteiger partial charge in [-0.1, -0.05) is 18.2 Å². The van der Waals surface area contributed by atoms with Crippen molar-refractivity contribution in [2.45, 2.75) is 63.5 Å². The number of nitrogens with zero attached hydrogens (tertiary/aromatic N) is 5. The third kappa shape index (κ3) is 8.51. The summed E-state index contributed by atoms with van der Waals surface area (Å²) in [6.07, 6.45) is 5.17. The van der Waals surface area contributed by atoms with Crippen LogP contribution < -0.4 is 31.7 Å². The number of hydrogen-bond donors (Lipinski definition) is 4. The second kappa shape index (κ2) is 17.3. The molecule has 0 aliphatic carbocycles. The first-order valence-electron chi connectivity index (χ1n) is 22.0. The van der Waals surface area contributed by atoms with Crippen molar-refractivity contribution in [1.82, 2.24) is 25.3 Å². The molecule has 0 saturated carbocycles. The smallest absolute Gasteiger partial charge is 0.262 e. The van der Waals surface area contributed by atoms with E-state index in [1.807, 2.05) is 41.3 Å². The number of carbonyl (C=O) groups excluding carboxylic acids is 6. The molecule has 6 amide bonds. The van der Waals surface area contributed by atoms with E-state index in [-0.39, 0.29) is 47.0 Å². The van der Waals surface area contributed by atoms with E-state index in [0.29, 0.717) is 60.4 Å². The van der Waals surface area contributed by atoms with Gasteiger partial charge >= 0.3 is 0 Å². The summed E-state index contributed by atoms with van der Waals surface area (Å²) < 4.78 is 5.90. The Balaban J connectivity index is 0.713. The van der Waals surface area contributed by atoms with Gasteiger partial charge in [0, 0.05) is 76.9 Å². The van der Waals surface area contributed by atoms with Gasteiger partial charge in [-0.25, -0.2) is 0 Å². The number of imide groups is 2. The van der Waals surface area contributed by atoms with Crippen LogP contribution in [0.1, 0.15) is 77.6 Å². The number of amides is 6. The first kappa shape index (κ1) is 41.8. The predicted octanol–water partition coefficient (Wildman–Crippen LogP) is 3.03. The molecule has 16 nitrogen and oxygen atoms in total. The number of likely N-dealkylation sites (tertiary alicyclic amines) is 2. The molecule has 3 aromatic rings. The molecule has 16 heteroatoms. The summed E-state index contributed by atoms with van der Waals surface area (Å²) in [5, 5.41) is 5.73. The molecule has 0 radical (unpaired) electrons. The lowest BCUT2D eigenvalue weighted by Gasteiger charge is -2.54. The molecule has 0 aromatic heterocycles. The van der Waals surface area contributed by atoms with Crippen molar-refractivity contribution in [2.75, 3.05) is 57.3 Å². The summed E-state index contributed by atoms with van der Waals surface area (Å²) in [4.78, 5) is 89.0. The zero-order chi connectivity index (χ0) is 43.8. The molecule has 4 fully saturated rings. The zero-order valence-electron chi connectivity index (χ0n) is 35.2. The molecule has 9 rings (SSSR count). The van der Waals surface area contributed by atoms with Gasteiger partial charge in [-0.3, -0.25) is 44.0 Å². The lowest BCUT2D eigenvalue weighted by atomic mass is 9.72. The van der Waals surface area contributed by atoms with Gasteiger partial charge in [0.2, 0.25) is 17.7 Å². The maximum Gasteiger partial charge on any atom is 0.262 e. The Morgan fingerprint density at radius 1 is 0.810 bits per heavy atom. The topological polar surface area (TPSA) is 213 Å². The summed E-state index contributed by atoms with van der Waals surface area (Å²) in [7, 11) is 0. The van der Waals surface area contributed by atoms with Crippen molar-refractivity contribution in [3.63, 3.8) is 0 Å². The number of ether oxygens (including phenoxy) is 1. The number of amidine groups is 1.